The summed E-state index contributed by atoms with van der Waals surface area (Å²) in [5.41, 5.74) is 0. The van der Waals surface area contributed by atoms with Gasteiger partial charge in [-0.15, -0.1) is 0 Å². The third-order valence-corrected chi connectivity index (χ3v) is 2.71. The van der Waals surface area contributed by atoms with Crippen molar-refractivity contribution in [2.24, 2.45) is 0 Å². The van der Waals surface area contributed by atoms with Crippen LogP contribution < -0.4 is 5.32 Å². The number of rotatable bonds is 8. The van der Waals surface area contributed by atoms with Crippen molar-refractivity contribution in [3.05, 3.63) is 0 Å². The van der Waals surface area contributed by atoms with Crippen LogP contribution in [0.1, 0.15) is 39.5 Å². The van der Waals surface area contributed by atoms with Crippen LogP contribution >= 0.6 is 0 Å². The molecule has 15 heavy (non-hydrogen) atoms. The Labute approximate surface area is 93.5 Å². The van der Waals surface area contributed by atoms with Crippen molar-refractivity contribution >= 4 is 0 Å². The molecule has 0 aliphatic heterocycles. The smallest absolute Gasteiger partial charge is 0.0703 e. The van der Waals surface area contributed by atoms with Gasteiger partial charge in [-0.1, -0.05) is 12.8 Å². The van der Waals surface area contributed by atoms with Crippen molar-refractivity contribution in [3.8, 4) is 0 Å². The molecule has 1 saturated carbocycles. The van der Waals surface area contributed by atoms with Crippen LogP contribution in [0.5, 0.6) is 0 Å². The van der Waals surface area contributed by atoms with Gasteiger partial charge in [0.1, 0.15) is 0 Å². The highest BCUT2D eigenvalue weighted by molar-refractivity contribution is 4.72. The Hall–Kier alpha value is -0.120. The van der Waals surface area contributed by atoms with Gasteiger partial charge in [-0.05, 0) is 26.7 Å². The summed E-state index contributed by atoms with van der Waals surface area (Å²) < 4.78 is 10.8. The number of hydrogen-bond acceptors (Lipinski definition) is 3. The molecule has 0 aromatic rings. The minimum absolute atomic E-state index is 0.310. The fraction of sp³-hybridized carbons (Fsp3) is 1.00. The maximum atomic E-state index is 5.46. The van der Waals surface area contributed by atoms with Crippen molar-refractivity contribution in [3.63, 3.8) is 0 Å². The molecule has 1 fully saturated rings. The average molecular weight is 215 g/mol. The van der Waals surface area contributed by atoms with Crippen LogP contribution in [0.25, 0.3) is 0 Å². The van der Waals surface area contributed by atoms with Crippen LogP contribution in [-0.4, -0.2) is 38.5 Å². The van der Waals surface area contributed by atoms with Crippen LogP contribution in [-0.2, 0) is 9.47 Å². The molecule has 0 bridgehead atoms. The summed E-state index contributed by atoms with van der Waals surface area (Å²) in [5, 5.41) is 3.52. The third kappa shape index (κ3) is 6.88. The Bertz CT molecular complexity index is 145. The van der Waals surface area contributed by atoms with Crippen LogP contribution in [0.3, 0.4) is 0 Å². The fourth-order valence-electron chi connectivity index (χ4n) is 1.91. The lowest BCUT2D eigenvalue weighted by atomic mass is 10.2. The summed E-state index contributed by atoms with van der Waals surface area (Å²) in [4.78, 5) is 0. The van der Waals surface area contributed by atoms with Gasteiger partial charge in [0.15, 0.2) is 0 Å². The summed E-state index contributed by atoms with van der Waals surface area (Å²) in [6.45, 7) is 7.29. The first-order valence-electron chi connectivity index (χ1n) is 6.22. The average Bonchev–Trinajstić information content (AvgIpc) is 2.68. The predicted molar refractivity (Wildman–Crippen MR) is 62.2 cm³/mol. The van der Waals surface area contributed by atoms with Crippen LogP contribution in [0.2, 0.25) is 0 Å². The number of ether oxygens (including phenoxy) is 2. The second-order valence-corrected chi connectivity index (χ2v) is 4.47. The van der Waals surface area contributed by atoms with E-state index in [2.05, 4.69) is 5.32 Å². The molecule has 3 heteroatoms. The van der Waals surface area contributed by atoms with Gasteiger partial charge in [0.25, 0.3) is 0 Å². The molecule has 0 amide bonds. The van der Waals surface area contributed by atoms with E-state index in [1.807, 2.05) is 13.8 Å². The highest BCUT2D eigenvalue weighted by Gasteiger charge is 2.12. The molecule has 3 nitrogen and oxygen atoms in total. The molecule has 0 aromatic heterocycles. The van der Waals surface area contributed by atoms with Crippen molar-refractivity contribution in [1.82, 2.24) is 5.32 Å². The minimum atomic E-state index is 0.310. The molecule has 0 radical (unpaired) electrons. The molecule has 0 saturated heterocycles. The van der Waals surface area contributed by atoms with Crippen molar-refractivity contribution in [2.75, 3.05) is 26.4 Å². The maximum absolute atomic E-state index is 5.46. The van der Waals surface area contributed by atoms with E-state index in [4.69, 9.17) is 9.47 Å². The Balaban J connectivity index is 1.76. The molecule has 0 aromatic carbocycles. The lowest BCUT2D eigenvalue weighted by molar-refractivity contribution is 0.0200. The van der Waals surface area contributed by atoms with Crippen molar-refractivity contribution < 1.29 is 9.47 Å². The first-order valence-corrected chi connectivity index (χ1v) is 6.22. The number of hydrogen-bond donors (Lipinski definition) is 1. The van der Waals surface area contributed by atoms with Gasteiger partial charge in [0.2, 0.25) is 0 Å². The van der Waals surface area contributed by atoms with Gasteiger partial charge in [-0.2, -0.15) is 0 Å². The topological polar surface area (TPSA) is 30.5 Å². The predicted octanol–water partition coefficient (Wildman–Crippen LogP) is 1.96. The van der Waals surface area contributed by atoms with Gasteiger partial charge in [0.05, 0.1) is 25.9 Å². The largest absolute Gasteiger partial charge is 0.378 e. The standard InChI is InChI=1S/C12H25NO2/c1-11(2)15-10-9-14-8-7-13-12-5-3-4-6-12/h11-13H,3-10H2,1-2H3. The molecular weight excluding hydrogens is 190 g/mol. The molecule has 0 atom stereocenters. The first kappa shape index (κ1) is 12.9. The van der Waals surface area contributed by atoms with E-state index < -0.39 is 0 Å². The van der Waals surface area contributed by atoms with Crippen molar-refractivity contribution in [2.45, 2.75) is 51.7 Å². The lowest BCUT2D eigenvalue weighted by Crippen LogP contribution is -2.29. The Morgan fingerprint density at radius 2 is 1.87 bits per heavy atom. The highest BCUT2D eigenvalue weighted by atomic mass is 16.5. The molecule has 0 heterocycles. The molecule has 1 aliphatic rings. The van der Waals surface area contributed by atoms with E-state index in [1.165, 1.54) is 25.7 Å². The summed E-state index contributed by atoms with van der Waals surface area (Å²) >= 11 is 0. The minimum Gasteiger partial charge on any atom is -0.378 e. The van der Waals surface area contributed by atoms with E-state index >= 15 is 0 Å². The number of nitrogens with one attached hydrogen (secondary N) is 1. The Morgan fingerprint density at radius 1 is 1.13 bits per heavy atom. The second kappa shape index (κ2) is 8.08. The van der Waals surface area contributed by atoms with Crippen molar-refractivity contribution in [1.29, 1.82) is 0 Å². The summed E-state index contributed by atoms with van der Waals surface area (Å²) in [6.07, 6.45) is 5.78. The normalized spacial score (nSPS) is 17.8. The van der Waals surface area contributed by atoms with Gasteiger partial charge in [0, 0.05) is 12.6 Å². The molecule has 0 spiro atoms. The second-order valence-electron chi connectivity index (χ2n) is 4.47. The van der Waals surface area contributed by atoms with Gasteiger partial charge in [-0.25, -0.2) is 0 Å². The lowest BCUT2D eigenvalue weighted by Gasteiger charge is -2.12. The zero-order chi connectivity index (χ0) is 10.9. The fourth-order valence-corrected chi connectivity index (χ4v) is 1.91. The van der Waals surface area contributed by atoms with E-state index in [9.17, 15) is 0 Å². The van der Waals surface area contributed by atoms with E-state index in [1.54, 1.807) is 0 Å². The molecule has 1 N–H and O–H groups in total. The molecule has 0 unspecified atom stereocenters. The van der Waals surface area contributed by atoms with Gasteiger partial charge >= 0.3 is 0 Å². The molecule has 1 aliphatic carbocycles. The highest BCUT2D eigenvalue weighted by Crippen LogP contribution is 2.17. The quantitative estimate of drug-likeness (QED) is 0.628. The van der Waals surface area contributed by atoms with Gasteiger partial charge in [-0.3, -0.25) is 0 Å². The zero-order valence-electron chi connectivity index (χ0n) is 10.1. The van der Waals surface area contributed by atoms with Gasteiger partial charge < -0.3 is 14.8 Å². The third-order valence-electron chi connectivity index (χ3n) is 2.71. The summed E-state index contributed by atoms with van der Waals surface area (Å²) in [7, 11) is 0. The Kier molecular flexibility index (Phi) is 6.98. The monoisotopic (exact) mass is 215 g/mol. The molecule has 90 valence electrons. The Morgan fingerprint density at radius 3 is 2.53 bits per heavy atom. The molecular formula is C12H25NO2. The maximum Gasteiger partial charge on any atom is 0.0703 e. The van der Waals surface area contributed by atoms with E-state index in [0.717, 1.165) is 19.2 Å². The van der Waals surface area contributed by atoms with E-state index in [0.29, 0.717) is 19.3 Å². The first-order chi connectivity index (χ1) is 7.29. The van der Waals surface area contributed by atoms with Crippen LogP contribution in [0, 0.1) is 0 Å². The summed E-state index contributed by atoms with van der Waals surface area (Å²) in [5.74, 6) is 0. The van der Waals surface area contributed by atoms with E-state index in [-0.39, 0.29) is 0 Å². The zero-order valence-corrected chi connectivity index (χ0v) is 10.1. The SMILES string of the molecule is CC(C)OCCOCCNC1CCCC1. The van der Waals surface area contributed by atoms with Crippen LogP contribution in [0.4, 0.5) is 0 Å². The van der Waals surface area contributed by atoms with Crippen LogP contribution in [0.15, 0.2) is 0 Å². The molecule has 1 rings (SSSR count). The summed E-state index contributed by atoms with van der Waals surface area (Å²) in [6, 6.07) is 0.750.